The molecule has 2 aliphatic rings. The fourth-order valence-electron chi connectivity index (χ4n) is 4.43. The largest absolute Gasteiger partial charge is 0.324 e. The Morgan fingerprint density at radius 2 is 1.86 bits per heavy atom. The Kier molecular flexibility index (Phi) is 6.43. The molecule has 2 aromatic carbocycles. The first-order valence-electron chi connectivity index (χ1n) is 10.4. The number of amides is 1. The SMILES string of the molecule is CC(=O)N1CCN(Cc2ccccc2)C[C@H]1S(=O)NC1CCCc2ccccc21. The predicted octanol–water partition coefficient (Wildman–Crippen LogP) is 3.01. The Labute approximate surface area is 175 Å². The molecule has 0 aromatic heterocycles. The molecule has 1 aliphatic heterocycles. The molecule has 0 spiro atoms. The molecule has 3 atom stereocenters. The highest BCUT2D eigenvalue weighted by Gasteiger charge is 2.34. The number of hydrogen-bond acceptors (Lipinski definition) is 3. The van der Waals surface area contributed by atoms with Crippen LogP contribution >= 0.6 is 0 Å². The van der Waals surface area contributed by atoms with Gasteiger partial charge in [0.15, 0.2) is 0 Å². The fourth-order valence-corrected chi connectivity index (χ4v) is 5.94. The normalized spacial score (nSPS) is 23.4. The standard InChI is InChI=1S/C23H29N3O2S/c1-18(27)26-15-14-25(16-19-8-3-2-4-9-19)17-23(26)29(28)24-22-13-7-11-20-10-5-6-12-21(20)22/h2-6,8-10,12,22-24H,7,11,13-17H2,1H3/t22?,23-,29?/m1/s1. The first-order valence-corrected chi connectivity index (χ1v) is 11.6. The van der Waals surface area contributed by atoms with E-state index in [4.69, 9.17) is 0 Å². The number of hydrogen-bond donors (Lipinski definition) is 1. The van der Waals surface area contributed by atoms with Crippen molar-refractivity contribution in [3.8, 4) is 0 Å². The second-order valence-corrected chi connectivity index (χ2v) is 9.32. The minimum absolute atomic E-state index is 0.00597. The van der Waals surface area contributed by atoms with Gasteiger partial charge >= 0.3 is 0 Å². The van der Waals surface area contributed by atoms with Gasteiger partial charge in [0.1, 0.15) is 16.4 Å². The summed E-state index contributed by atoms with van der Waals surface area (Å²) in [4.78, 5) is 16.3. The maximum atomic E-state index is 13.4. The smallest absolute Gasteiger partial charge is 0.220 e. The summed E-state index contributed by atoms with van der Waals surface area (Å²) in [5, 5.41) is -0.334. The van der Waals surface area contributed by atoms with E-state index < -0.39 is 11.0 Å². The average molecular weight is 412 g/mol. The van der Waals surface area contributed by atoms with Gasteiger partial charge in [-0.15, -0.1) is 0 Å². The van der Waals surface area contributed by atoms with E-state index >= 15 is 0 Å². The molecule has 2 unspecified atom stereocenters. The molecule has 154 valence electrons. The van der Waals surface area contributed by atoms with E-state index in [2.05, 4.69) is 40.0 Å². The van der Waals surface area contributed by atoms with Crippen LogP contribution in [-0.4, -0.2) is 44.9 Å². The number of nitrogens with zero attached hydrogens (tertiary/aromatic N) is 2. The number of nitrogens with one attached hydrogen (secondary N) is 1. The summed E-state index contributed by atoms with van der Waals surface area (Å²) in [6, 6.07) is 18.8. The first kappa shape index (κ1) is 20.3. The minimum Gasteiger partial charge on any atom is -0.324 e. The van der Waals surface area contributed by atoms with Crippen LogP contribution in [0.3, 0.4) is 0 Å². The summed E-state index contributed by atoms with van der Waals surface area (Å²) in [7, 11) is -1.33. The van der Waals surface area contributed by atoms with Crippen molar-refractivity contribution < 1.29 is 9.00 Å². The van der Waals surface area contributed by atoms with Crippen molar-refractivity contribution in [2.24, 2.45) is 0 Å². The third kappa shape index (κ3) is 4.77. The van der Waals surface area contributed by atoms with Crippen LogP contribution in [0.4, 0.5) is 0 Å². The first-order chi connectivity index (χ1) is 14.1. The third-order valence-electron chi connectivity index (χ3n) is 5.95. The summed E-state index contributed by atoms with van der Waals surface area (Å²) in [5.41, 5.74) is 3.83. The summed E-state index contributed by atoms with van der Waals surface area (Å²) in [6.45, 7) is 4.41. The van der Waals surface area contributed by atoms with E-state index in [1.807, 2.05) is 24.3 Å². The molecule has 1 amide bonds. The highest BCUT2D eigenvalue weighted by Crippen LogP contribution is 2.30. The number of aryl methyl sites for hydroxylation is 1. The predicted molar refractivity (Wildman–Crippen MR) is 116 cm³/mol. The Hall–Kier alpha value is -2.02. The maximum Gasteiger partial charge on any atom is 0.220 e. The Morgan fingerprint density at radius 3 is 2.66 bits per heavy atom. The van der Waals surface area contributed by atoms with Crippen LogP contribution in [0.2, 0.25) is 0 Å². The number of carbonyl (C=O) groups excluding carboxylic acids is 1. The van der Waals surface area contributed by atoms with Crippen molar-refractivity contribution in [3.05, 3.63) is 71.3 Å². The highest BCUT2D eigenvalue weighted by molar-refractivity contribution is 7.83. The second-order valence-electron chi connectivity index (χ2n) is 7.95. The van der Waals surface area contributed by atoms with Gasteiger partial charge in [0.05, 0.1) is 0 Å². The van der Waals surface area contributed by atoms with Gasteiger partial charge in [-0.2, -0.15) is 0 Å². The lowest BCUT2D eigenvalue weighted by molar-refractivity contribution is -0.131. The van der Waals surface area contributed by atoms with Crippen molar-refractivity contribution in [2.45, 2.75) is 44.1 Å². The lowest BCUT2D eigenvalue weighted by Gasteiger charge is -2.41. The molecule has 5 nitrogen and oxygen atoms in total. The maximum absolute atomic E-state index is 13.4. The van der Waals surface area contributed by atoms with Crippen LogP contribution < -0.4 is 4.72 Å². The number of rotatable bonds is 5. The quantitative estimate of drug-likeness (QED) is 0.823. The van der Waals surface area contributed by atoms with E-state index in [1.54, 1.807) is 11.8 Å². The zero-order valence-corrected chi connectivity index (χ0v) is 17.7. The second kappa shape index (κ2) is 9.20. The number of benzene rings is 2. The van der Waals surface area contributed by atoms with Gasteiger partial charge in [-0.3, -0.25) is 9.69 Å². The molecule has 0 bridgehead atoms. The van der Waals surface area contributed by atoms with Crippen molar-refractivity contribution in [3.63, 3.8) is 0 Å². The zero-order chi connectivity index (χ0) is 20.2. The number of piperazine rings is 1. The van der Waals surface area contributed by atoms with E-state index in [9.17, 15) is 9.00 Å². The van der Waals surface area contributed by atoms with E-state index in [-0.39, 0.29) is 17.3 Å². The molecule has 1 N–H and O–H groups in total. The van der Waals surface area contributed by atoms with Gasteiger partial charge in [0, 0.05) is 39.1 Å². The van der Waals surface area contributed by atoms with Crippen molar-refractivity contribution in [1.82, 2.24) is 14.5 Å². The summed E-state index contributed by atoms with van der Waals surface area (Å²) < 4.78 is 16.7. The number of carbonyl (C=O) groups is 1. The molecule has 1 aliphatic carbocycles. The molecule has 0 saturated carbocycles. The van der Waals surface area contributed by atoms with Crippen LogP contribution in [0.15, 0.2) is 54.6 Å². The van der Waals surface area contributed by atoms with Gasteiger partial charge in [-0.05, 0) is 36.0 Å². The van der Waals surface area contributed by atoms with Gasteiger partial charge in [-0.1, -0.05) is 54.6 Å². The van der Waals surface area contributed by atoms with Crippen molar-refractivity contribution in [2.75, 3.05) is 19.6 Å². The van der Waals surface area contributed by atoms with Crippen LogP contribution in [0.25, 0.3) is 0 Å². The molecular formula is C23H29N3O2S. The Bertz CT molecular complexity index is 873. The number of fused-ring (bicyclic) bond motifs is 1. The van der Waals surface area contributed by atoms with Crippen LogP contribution in [0.5, 0.6) is 0 Å². The molecule has 6 heteroatoms. The molecule has 4 rings (SSSR count). The Balaban J connectivity index is 1.47. The van der Waals surface area contributed by atoms with Gasteiger partial charge in [-0.25, -0.2) is 8.93 Å². The monoisotopic (exact) mass is 411 g/mol. The molecular weight excluding hydrogens is 382 g/mol. The lowest BCUT2D eigenvalue weighted by atomic mass is 9.88. The van der Waals surface area contributed by atoms with E-state index in [0.717, 1.165) is 32.4 Å². The Morgan fingerprint density at radius 1 is 1.10 bits per heavy atom. The van der Waals surface area contributed by atoms with E-state index in [0.29, 0.717) is 13.1 Å². The summed E-state index contributed by atoms with van der Waals surface area (Å²) >= 11 is 0. The molecule has 1 saturated heterocycles. The van der Waals surface area contributed by atoms with E-state index in [1.165, 1.54) is 16.7 Å². The minimum atomic E-state index is -1.33. The zero-order valence-electron chi connectivity index (χ0n) is 16.9. The highest BCUT2D eigenvalue weighted by atomic mass is 32.2. The molecule has 1 heterocycles. The molecule has 2 aromatic rings. The van der Waals surface area contributed by atoms with Crippen LogP contribution in [-0.2, 0) is 28.7 Å². The van der Waals surface area contributed by atoms with Gasteiger partial charge in [0.25, 0.3) is 0 Å². The lowest BCUT2D eigenvalue weighted by Crippen LogP contribution is -2.58. The topological polar surface area (TPSA) is 52.7 Å². The molecule has 29 heavy (non-hydrogen) atoms. The summed E-state index contributed by atoms with van der Waals surface area (Å²) in [5.74, 6) is -0.00597. The summed E-state index contributed by atoms with van der Waals surface area (Å²) in [6.07, 6.45) is 3.14. The van der Waals surface area contributed by atoms with Crippen molar-refractivity contribution >= 4 is 16.9 Å². The van der Waals surface area contributed by atoms with Crippen molar-refractivity contribution in [1.29, 1.82) is 0 Å². The molecule has 0 radical (unpaired) electrons. The van der Waals surface area contributed by atoms with Crippen LogP contribution in [0.1, 0.15) is 42.5 Å². The van der Waals surface area contributed by atoms with Gasteiger partial charge < -0.3 is 4.90 Å². The molecule has 1 fully saturated rings. The van der Waals surface area contributed by atoms with Crippen LogP contribution in [0, 0.1) is 0 Å². The van der Waals surface area contributed by atoms with Gasteiger partial charge in [0.2, 0.25) is 5.91 Å². The fraction of sp³-hybridized carbons (Fsp3) is 0.435. The third-order valence-corrected chi connectivity index (χ3v) is 7.36. The average Bonchev–Trinajstić information content (AvgIpc) is 2.74.